The van der Waals surface area contributed by atoms with Crippen molar-refractivity contribution in [1.29, 1.82) is 0 Å². The van der Waals surface area contributed by atoms with E-state index in [1.54, 1.807) is 31.2 Å². The third-order valence-corrected chi connectivity index (χ3v) is 4.76. The Hall–Kier alpha value is -1.86. The fourth-order valence-corrected chi connectivity index (χ4v) is 3.29. The summed E-state index contributed by atoms with van der Waals surface area (Å²) in [5.41, 5.74) is 5.75. The van der Waals surface area contributed by atoms with E-state index in [0.717, 1.165) is 0 Å². The van der Waals surface area contributed by atoms with Crippen molar-refractivity contribution in [2.45, 2.75) is 31.4 Å². The summed E-state index contributed by atoms with van der Waals surface area (Å²) >= 11 is 0. The molecule has 7 heteroatoms. The maximum atomic E-state index is 12.3. The minimum absolute atomic E-state index is 0.207. The zero-order valence-electron chi connectivity index (χ0n) is 11.9. The first-order chi connectivity index (χ1) is 9.85. The molecule has 0 aliphatic rings. The molecule has 1 heterocycles. The molecule has 0 fully saturated rings. The Morgan fingerprint density at radius 3 is 2.62 bits per heavy atom. The molecular weight excluding hydrogens is 292 g/mol. The Labute approximate surface area is 123 Å². The molecule has 0 aliphatic carbocycles. The van der Waals surface area contributed by atoms with E-state index in [4.69, 9.17) is 10.2 Å². The van der Waals surface area contributed by atoms with E-state index in [2.05, 4.69) is 4.72 Å². The van der Waals surface area contributed by atoms with Crippen LogP contribution in [0.2, 0.25) is 0 Å². The summed E-state index contributed by atoms with van der Waals surface area (Å²) in [5.74, 6) is -0.911. The number of sulfonamides is 1. The Morgan fingerprint density at radius 2 is 2.05 bits per heavy atom. The topological polar surface area (TPSA) is 102 Å². The molecule has 21 heavy (non-hydrogen) atoms. The monoisotopic (exact) mass is 310 g/mol. The summed E-state index contributed by atoms with van der Waals surface area (Å²) in [6, 6.07) is 7.42. The smallest absolute Gasteiger partial charge is 0.274 e. The van der Waals surface area contributed by atoms with Crippen LogP contribution in [-0.4, -0.2) is 20.4 Å². The first kappa shape index (κ1) is 15.5. The summed E-state index contributed by atoms with van der Waals surface area (Å²) in [5, 5.41) is 0.454. The number of rotatable bonds is 6. The van der Waals surface area contributed by atoms with Crippen LogP contribution in [0.1, 0.15) is 20.3 Å². The number of para-hydroxylation sites is 1. The number of carbonyl (C=O) groups excluding carboxylic acids is 1. The van der Waals surface area contributed by atoms with Crippen molar-refractivity contribution in [1.82, 2.24) is 4.72 Å². The number of furan rings is 1. The van der Waals surface area contributed by atoms with E-state index in [-0.39, 0.29) is 11.0 Å². The summed E-state index contributed by atoms with van der Waals surface area (Å²) in [7, 11) is -3.94. The summed E-state index contributed by atoms with van der Waals surface area (Å²) in [6.07, 6.45) is 0.621. The molecule has 0 saturated heterocycles. The Morgan fingerprint density at radius 1 is 1.38 bits per heavy atom. The number of fused-ring (bicyclic) bond motifs is 1. The van der Waals surface area contributed by atoms with Crippen molar-refractivity contribution in [3.63, 3.8) is 0 Å². The fraction of sp³-hybridized carbons (Fsp3) is 0.357. The fourth-order valence-electron chi connectivity index (χ4n) is 2.01. The number of amides is 1. The van der Waals surface area contributed by atoms with Gasteiger partial charge in [0.2, 0.25) is 11.0 Å². The van der Waals surface area contributed by atoms with Crippen molar-refractivity contribution in [3.8, 4) is 0 Å². The molecule has 0 aliphatic heterocycles. The third-order valence-electron chi connectivity index (χ3n) is 3.47. The van der Waals surface area contributed by atoms with Gasteiger partial charge in [-0.3, -0.25) is 4.79 Å². The van der Waals surface area contributed by atoms with Gasteiger partial charge in [-0.05, 0) is 12.0 Å². The molecule has 0 unspecified atom stereocenters. The second-order valence-electron chi connectivity index (χ2n) is 4.99. The quantitative estimate of drug-likeness (QED) is 0.846. The van der Waals surface area contributed by atoms with Gasteiger partial charge in [-0.1, -0.05) is 38.5 Å². The summed E-state index contributed by atoms with van der Waals surface area (Å²) in [4.78, 5) is 11.4. The second-order valence-corrected chi connectivity index (χ2v) is 6.64. The molecule has 2 rings (SSSR count). The van der Waals surface area contributed by atoms with Crippen molar-refractivity contribution in [2.24, 2.45) is 11.7 Å². The van der Waals surface area contributed by atoms with Crippen molar-refractivity contribution >= 4 is 26.9 Å². The number of benzene rings is 1. The van der Waals surface area contributed by atoms with Crippen LogP contribution in [0.5, 0.6) is 0 Å². The van der Waals surface area contributed by atoms with E-state index in [0.29, 0.717) is 17.4 Å². The molecule has 3 N–H and O–H groups in total. The number of primary amides is 1. The molecular formula is C14H18N2O4S. The largest absolute Gasteiger partial charge is 0.443 e. The molecule has 1 amide bonds. The van der Waals surface area contributed by atoms with Crippen LogP contribution in [0.3, 0.4) is 0 Å². The third kappa shape index (κ3) is 3.25. The van der Waals surface area contributed by atoms with Crippen LogP contribution in [0.4, 0.5) is 0 Å². The highest BCUT2D eigenvalue weighted by molar-refractivity contribution is 7.89. The number of carbonyl (C=O) groups is 1. The molecule has 2 aromatic rings. The molecule has 0 saturated carbocycles. The molecule has 6 nitrogen and oxygen atoms in total. The Kier molecular flexibility index (Phi) is 4.34. The van der Waals surface area contributed by atoms with Gasteiger partial charge in [0, 0.05) is 11.5 Å². The molecule has 0 radical (unpaired) electrons. The van der Waals surface area contributed by atoms with Gasteiger partial charge < -0.3 is 10.2 Å². The molecule has 0 spiro atoms. The maximum Gasteiger partial charge on any atom is 0.274 e. The molecule has 2 atom stereocenters. The van der Waals surface area contributed by atoms with Gasteiger partial charge in [0.1, 0.15) is 11.6 Å². The Bertz CT molecular complexity index is 718. The maximum absolute atomic E-state index is 12.3. The summed E-state index contributed by atoms with van der Waals surface area (Å²) in [6.45, 7) is 3.62. The van der Waals surface area contributed by atoms with E-state index < -0.39 is 22.0 Å². The first-order valence-electron chi connectivity index (χ1n) is 6.65. The highest BCUT2D eigenvalue weighted by Gasteiger charge is 2.29. The lowest BCUT2D eigenvalue weighted by Gasteiger charge is -2.20. The number of hydrogen-bond donors (Lipinski definition) is 2. The molecule has 1 aromatic carbocycles. The van der Waals surface area contributed by atoms with E-state index in [1.807, 2.05) is 6.92 Å². The van der Waals surface area contributed by atoms with Gasteiger partial charge >= 0.3 is 0 Å². The molecule has 1 aromatic heterocycles. The number of nitrogens with two attached hydrogens (primary N) is 1. The lowest BCUT2D eigenvalue weighted by atomic mass is 10.00. The van der Waals surface area contributed by atoms with Gasteiger partial charge in [0.15, 0.2) is 0 Å². The van der Waals surface area contributed by atoms with Crippen LogP contribution in [-0.2, 0) is 14.8 Å². The number of nitrogens with one attached hydrogen (secondary N) is 1. The zero-order valence-corrected chi connectivity index (χ0v) is 12.7. The van der Waals surface area contributed by atoms with Crippen molar-refractivity contribution < 1.29 is 17.6 Å². The van der Waals surface area contributed by atoms with Gasteiger partial charge in [-0.15, -0.1) is 0 Å². The van der Waals surface area contributed by atoms with Crippen molar-refractivity contribution in [2.75, 3.05) is 0 Å². The minimum atomic E-state index is -3.94. The number of hydrogen-bond acceptors (Lipinski definition) is 4. The first-order valence-corrected chi connectivity index (χ1v) is 8.13. The van der Waals surface area contributed by atoms with Crippen LogP contribution < -0.4 is 10.5 Å². The average Bonchev–Trinajstić information content (AvgIpc) is 2.88. The lowest BCUT2D eigenvalue weighted by molar-refractivity contribution is -0.120. The lowest BCUT2D eigenvalue weighted by Crippen LogP contribution is -2.48. The minimum Gasteiger partial charge on any atom is -0.443 e. The average molecular weight is 310 g/mol. The van der Waals surface area contributed by atoms with Crippen LogP contribution in [0.25, 0.3) is 11.0 Å². The van der Waals surface area contributed by atoms with Gasteiger partial charge in [-0.25, -0.2) is 8.42 Å². The molecule has 0 bridgehead atoms. The Balaban J connectivity index is 2.34. The standard InChI is InChI=1S/C14H18N2O4S/c1-3-9(2)13(14(15)17)16-21(18,19)12-8-10-6-4-5-7-11(10)20-12/h4-9,13,16H,3H2,1-2H3,(H2,15,17)/t9-,13-/m1/s1. The van der Waals surface area contributed by atoms with E-state index in [9.17, 15) is 13.2 Å². The van der Waals surface area contributed by atoms with Gasteiger partial charge in [0.25, 0.3) is 10.0 Å². The van der Waals surface area contributed by atoms with Gasteiger partial charge in [0.05, 0.1) is 0 Å². The van der Waals surface area contributed by atoms with Crippen LogP contribution in [0.15, 0.2) is 39.8 Å². The SMILES string of the molecule is CC[C@@H](C)[C@@H](NS(=O)(=O)c1cc2ccccc2o1)C(N)=O. The van der Waals surface area contributed by atoms with Crippen molar-refractivity contribution in [3.05, 3.63) is 30.3 Å². The normalized spacial score (nSPS) is 15.0. The predicted molar refractivity (Wildman–Crippen MR) is 79.0 cm³/mol. The highest BCUT2D eigenvalue weighted by Crippen LogP contribution is 2.23. The van der Waals surface area contributed by atoms with E-state index >= 15 is 0 Å². The predicted octanol–water partition coefficient (Wildman–Crippen LogP) is 1.61. The highest BCUT2D eigenvalue weighted by atomic mass is 32.2. The zero-order chi connectivity index (χ0) is 15.6. The summed E-state index contributed by atoms with van der Waals surface area (Å²) < 4.78 is 32.3. The van der Waals surface area contributed by atoms with E-state index in [1.165, 1.54) is 6.07 Å². The van der Waals surface area contributed by atoms with Crippen LogP contribution >= 0.6 is 0 Å². The van der Waals surface area contributed by atoms with Crippen LogP contribution in [0, 0.1) is 5.92 Å². The second kappa shape index (κ2) is 5.87. The van der Waals surface area contributed by atoms with Gasteiger partial charge in [-0.2, -0.15) is 4.72 Å². The molecule has 114 valence electrons.